The number of hydrogen-bond donors (Lipinski definition) is 2. The van der Waals surface area contributed by atoms with Crippen LogP contribution in [0.15, 0.2) is 129 Å². The number of alkyl halides is 6. The molecule has 0 aliphatic rings. The standard InChI is InChI=1S/C24H23F3N6O3.C23H21F3N6O3.C19H15F3N6O/c1-24(2,3)36-23(35)33-17-10-19(31(4)22(34)21-29-12-30-32(21)5)28-11-13(17)8-18(33)16-9-14(25)6-7-15(16)20(26)27;1-23(2,3)35-22(34)32-16-9-18(30-21(33)20-28-11-29-31(20)4)27-10-12(16)7-17(32)15-8-13(24)5-6-14(15)19(25)26;1-27(19(29)18-24-9-25-28(18)2)16-7-14-10(8-23-16)5-15(26-14)13-6-11(20)3-4-12(13)17(21)22/h6-12,20H,1-5H3;5-11,19H,1-4H3,(H,27,30,33);3-9,17,26H,1-2H3. The monoisotopic (exact) mass is 1390 g/mol. The van der Waals surface area contributed by atoms with Crippen molar-refractivity contribution in [2.24, 2.45) is 21.1 Å². The molecule has 0 aliphatic carbocycles. The lowest BCUT2D eigenvalue weighted by Gasteiger charge is -2.22. The number of amides is 3. The molecule has 0 saturated heterocycles. The molecule has 0 spiro atoms. The Morgan fingerprint density at radius 1 is 0.480 bits per heavy atom. The maximum absolute atomic E-state index is 14.1. The smallest absolute Gasteiger partial charge is 0.419 e. The van der Waals surface area contributed by atoms with Crippen molar-refractivity contribution in [3.05, 3.63) is 180 Å². The molecule has 0 bridgehead atoms. The average molecular weight is 1390 g/mol. The molecule has 34 heteroatoms. The number of fused-ring (bicyclic) bond motifs is 3. The molecule has 0 atom stereocenters. The highest BCUT2D eigenvalue weighted by Crippen LogP contribution is 2.40. The quantitative estimate of drug-likeness (QED) is 0.108. The number of aromatic amines is 1. The maximum Gasteiger partial charge on any atom is 0.419 e. The van der Waals surface area contributed by atoms with Crippen LogP contribution in [0.4, 0.5) is 66.6 Å². The molecule has 9 heterocycles. The molecule has 12 rings (SSSR count). The van der Waals surface area contributed by atoms with Crippen molar-refractivity contribution in [3.8, 4) is 33.8 Å². The first kappa shape index (κ1) is 70.7. The van der Waals surface area contributed by atoms with Gasteiger partial charge < -0.3 is 19.8 Å². The van der Waals surface area contributed by atoms with Gasteiger partial charge in [0.15, 0.2) is 0 Å². The van der Waals surface area contributed by atoms with E-state index < -0.39 is 89.0 Å². The number of anilines is 3. The minimum absolute atomic E-state index is 0.00437. The molecule has 12 aromatic rings. The summed E-state index contributed by atoms with van der Waals surface area (Å²) < 4.78 is 141. The predicted octanol–water partition coefficient (Wildman–Crippen LogP) is 13.6. The van der Waals surface area contributed by atoms with Gasteiger partial charge in [0.05, 0.1) is 27.9 Å². The van der Waals surface area contributed by atoms with Gasteiger partial charge in [-0.25, -0.2) is 102 Å². The van der Waals surface area contributed by atoms with Crippen molar-refractivity contribution in [2.75, 3.05) is 29.2 Å². The van der Waals surface area contributed by atoms with Crippen molar-refractivity contribution in [3.63, 3.8) is 0 Å². The summed E-state index contributed by atoms with van der Waals surface area (Å²) in [4.78, 5) is 94.4. The summed E-state index contributed by atoms with van der Waals surface area (Å²) in [5.74, 6) is -2.87. The van der Waals surface area contributed by atoms with Crippen LogP contribution in [0.2, 0.25) is 0 Å². The van der Waals surface area contributed by atoms with Gasteiger partial charge in [-0.1, -0.05) is 0 Å². The lowest BCUT2D eigenvalue weighted by atomic mass is 10.0. The maximum atomic E-state index is 14.1. The Morgan fingerprint density at radius 3 is 1.29 bits per heavy atom. The predicted molar refractivity (Wildman–Crippen MR) is 346 cm³/mol. The molecule has 0 radical (unpaired) electrons. The minimum Gasteiger partial charge on any atom is -0.443 e. The molecule has 518 valence electrons. The van der Waals surface area contributed by atoms with E-state index in [1.54, 1.807) is 67.8 Å². The van der Waals surface area contributed by atoms with E-state index in [-0.39, 0.29) is 73.8 Å². The normalized spacial score (nSPS) is 11.7. The fourth-order valence-electron chi connectivity index (χ4n) is 10.2. The highest BCUT2D eigenvalue weighted by atomic mass is 19.3. The third-order valence-electron chi connectivity index (χ3n) is 14.9. The Morgan fingerprint density at radius 2 is 0.870 bits per heavy atom. The first-order valence-electron chi connectivity index (χ1n) is 29.8. The second kappa shape index (κ2) is 28.1. The molecule has 0 fully saturated rings. The number of carbonyl (C=O) groups excluding carboxylic acids is 5. The van der Waals surface area contributed by atoms with Gasteiger partial charge in [0, 0.05) is 127 Å². The Labute approximate surface area is 560 Å². The van der Waals surface area contributed by atoms with E-state index >= 15 is 0 Å². The van der Waals surface area contributed by atoms with Gasteiger partial charge in [-0.05, 0) is 114 Å². The summed E-state index contributed by atoms with van der Waals surface area (Å²) in [6.07, 6.45) is -2.36. The van der Waals surface area contributed by atoms with Gasteiger partial charge >= 0.3 is 12.2 Å². The molecule has 2 N–H and O–H groups in total. The molecule has 3 amide bonds. The summed E-state index contributed by atoms with van der Waals surface area (Å²) in [5, 5.41) is 15.6. The SMILES string of the molecule is CN(C(=O)c1ncnn1C)c1cc2[nH]c(-c3cc(F)ccc3C(F)F)cc2cn1.CN(C(=O)c1ncnn1C)c1cc2c(cn1)cc(-c1cc(F)ccc1C(F)F)n2C(=O)OC(C)(C)C.Cn1ncnc1C(=O)Nc1cc2c(cn1)cc(-c1cc(F)ccc1C(F)F)n2C(=O)OC(C)(C)C. The Bertz CT molecular complexity index is 5120. The van der Waals surface area contributed by atoms with Crippen LogP contribution < -0.4 is 15.1 Å². The summed E-state index contributed by atoms with van der Waals surface area (Å²) in [7, 11) is 7.70. The summed E-state index contributed by atoms with van der Waals surface area (Å²) in [5.41, 5.74) is -1.96. The summed E-state index contributed by atoms with van der Waals surface area (Å²) in [6.45, 7) is 9.92. The van der Waals surface area contributed by atoms with Crippen LogP contribution >= 0.6 is 0 Å². The van der Waals surface area contributed by atoms with Crippen molar-refractivity contribution < 1.29 is 73.0 Å². The molecule has 0 saturated carbocycles. The topological polar surface area (TPSA) is 279 Å². The number of nitrogens with zero attached hydrogens (tertiary/aromatic N) is 16. The molecule has 9 aromatic heterocycles. The summed E-state index contributed by atoms with van der Waals surface area (Å²) >= 11 is 0. The van der Waals surface area contributed by atoms with Gasteiger partial charge in [-0.3, -0.25) is 24.2 Å². The number of pyridine rings is 3. The number of aromatic nitrogens is 15. The number of nitrogens with one attached hydrogen (secondary N) is 2. The highest BCUT2D eigenvalue weighted by Gasteiger charge is 2.31. The number of hydrogen-bond acceptors (Lipinski definition) is 16. The van der Waals surface area contributed by atoms with E-state index in [2.05, 4.69) is 55.5 Å². The van der Waals surface area contributed by atoms with Crippen LogP contribution in [0.25, 0.3) is 66.5 Å². The van der Waals surface area contributed by atoms with Crippen LogP contribution in [0.3, 0.4) is 0 Å². The van der Waals surface area contributed by atoms with Gasteiger partial charge in [-0.2, -0.15) is 15.3 Å². The fraction of sp³-hybridized carbons (Fsp3) is 0.242. The van der Waals surface area contributed by atoms with Crippen LogP contribution in [0, 0.1) is 17.5 Å². The van der Waals surface area contributed by atoms with Crippen molar-refractivity contribution >= 4 is 80.1 Å². The van der Waals surface area contributed by atoms with E-state index in [4.69, 9.17) is 9.47 Å². The molecule has 25 nitrogen and oxygen atoms in total. The van der Waals surface area contributed by atoms with Gasteiger partial charge in [-0.15, -0.1) is 0 Å². The molecular formula is C66H59F9N18O7. The van der Waals surface area contributed by atoms with Crippen LogP contribution in [-0.4, -0.2) is 129 Å². The summed E-state index contributed by atoms with van der Waals surface area (Å²) in [6, 6.07) is 17.7. The van der Waals surface area contributed by atoms with Crippen LogP contribution in [-0.2, 0) is 30.6 Å². The number of ether oxygens (including phenoxy) is 2. The van der Waals surface area contributed by atoms with Crippen molar-refractivity contribution in [2.45, 2.75) is 72.0 Å². The molecule has 0 aliphatic heterocycles. The van der Waals surface area contributed by atoms with E-state index in [0.29, 0.717) is 33.2 Å². The van der Waals surface area contributed by atoms with Gasteiger partial charge in [0.1, 0.15) is 65.1 Å². The Hall–Kier alpha value is -12.1. The molecular weight excluding hydrogens is 1330 g/mol. The second-order valence-corrected chi connectivity index (χ2v) is 24.1. The third kappa shape index (κ3) is 15.2. The van der Waals surface area contributed by atoms with E-state index in [1.165, 1.54) is 107 Å². The minimum atomic E-state index is -2.92. The van der Waals surface area contributed by atoms with Crippen LogP contribution in [0.5, 0.6) is 0 Å². The second-order valence-electron chi connectivity index (χ2n) is 24.1. The number of H-pyrrole nitrogens is 1. The zero-order valence-corrected chi connectivity index (χ0v) is 54.8. The van der Waals surface area contributed by atoms with E-state index in [1.807, 2.05) is 0 Å². The zero-order valence-electron chi connectivity index (χ0n) is 54.8. The van der Waals surface area contributed by atoms with Crippen molar-refractivity contribution in [1.82, 2.24) is 73.4 Å². The first-order chi connectivity index (χ1) is 47.2. The molecule has 100 heavy (non-hydrogen) atoms. The third-order valence-corrected chi connectivity index (χ3v) is 14.9. The van der Waals surface area contributed by atoms with Crippen LogP contribution in [0.1, 0.15) is 109 Å². The lowest BCUT2D eigenvalue weighted by Crippen LogP contribution is -2.30. The van der Waals surface area contributed by atoms with E-state index in [9.17, 15) is 63.5 Å². The number of halogens is 9. The molecule has 0 unspecified atom stereocenters. The number of rotatable bonds is 12. The molecule has 3 aromatic carbocycles. The zero-order chi connectivity index (χ0) is 72.6. The highest BCUT2D eigenvalue weighted by molar-refractivity contribution is 6.06. The number of carbonyl (C=O) groups is 5. The lowest BCUT2D eigenvalue weighted by molar-refractivity contribution is 0.0535. The number of benzene rings is 3. The van der Waals surface area contributed by atoms with E-state index in [0.717, 1.165) is 63.7 Å². The largest absolute Gasteiger partial charge is 0.443 e. The Balaban J connectivity index is 0.000000163. The van der Waals surface area contributed by atoms with Gasteiger partial charge in [0.2, 0.25) is 17.5 Å². The fourth-order valence-corrected chi connectivity index (χ4v) is 10.2. The van der Waals surface area contributed by atoms with Crippen molar-refractivity contribution in [1.29, 1.82) is 0 Å². The first-order valence-corrected chi connectivity index (χ1v) is 29.8. The number of aryl methyl sites for hydroxylation is 3. The van der Waals surface area contributed by atoms with Gasteiger partial charge in [0.25, 0.3) is 37.0 Å². The average Bonchev–Trinajstić information content (AvgIpc) is 1.61. The Kier molecular flexibility index (Phi) is 19.9.